The molecule has 4 aliphatic rings. The molecule has 0 radical (unpaired) electrons. The van der Waals surface area contributed by atoms with Crippen molar-refractivity contribution in [3.63, 3.8) is 0 Å². The summed E-state index contributed by atoms with van der Waals surface area (Å²) in [7, 11) is 0. The Kier molecular flexibility index (Phi) is 9.74. The molecule has 0 aliphatic heterocycles. The topological polar surface area (TPSA) is 63.6 Å². The van der Waals surface area contributed by atoms with E-state index in [-0.39, 0.29) is 24.0 Å². The molecule has 0 saturated heterocycles. The van der Waals surface area contributed by atoms with Gasteiger partial charge in [0, 0.05) is 12.8 Å². The third kappa shape index (κ3) is 6.21. The molecular formula is C34H58O4. The van der Waals surface area contributed by atoms with Crippen LogP contribution in [0.25, 0.3) is 0 Å². The van der Waals surface area contributed by atoms with Crippen LogP contribution in [0.3, 0.4) is 0 Å². The molecule has 0 aromatic carbocycles. The van der Waals surface area contributed by atoms with E-state index in [0.29, 0.717) is 41.4 Å². The van der Waals surface area contributed by atoms with Crippen molar-refractivity contribution in [3.05, 3.63) is 0 Å². The third-order valence-corrected chi connectivity index (χ3v) is 12.7. The molecule has 4 rings (SSSR count). The monoisotopic (exact) mass is 530 g/mol. The smallest absolute Gasteiger partial charge is 0.306 e. The number of rotatable bonds is 11. The first-order chi connectivity index (χ1) is 18.0. The zero-order valence-corrected chi connectivity index (χ0v) is 25.5. The Bertz CT molecular complexity index is 823. The van der Waals surface area contributed by atoms with Crippen molar-refractivity contribution in [1.82, 2.24) is 0 Å². The van der Waals surface area contributed by atoms with Crippen LogP contribution in [0.1, 0.15) is 138 Å². The summed E-state index contributed by atoms with van der Waals surface area (Å²) in [5.41, 5.74) is 0.831. The summed E-state index contributed by atoms with van der Waals surface area (Å²) in [6.07, 6.45) is 15.6. The van der Waals surface area contributed by atoms with Crippen molar-refractivity contribution in [3.8, 4) is 0 Å². The highest BCUT2D eigenvalue weighted by Gasteiger charge is 2.60. The van der Waals surface area contributed by atoms with Crippen molar-refractivity contribution in [2.45, 2.75) is 150 Å². The van der Waals surface area contributed by atoms with E-state index < -0.39 is 0 Å². The molecule has 4 fully saturated rings. The first kappa shape index (κ1) is 30.1. The van der Waals surface area contributed by atoms with E-state index in [1.54, 1.807) is 6.92 Å². The highest BCUT2D eigenvalue weighted by atomic mass is 16.5. The lowest BCUT2D eigenvalue weighted by molar-refractivity contribution is -0.151. The summed E-state index contributed by atoms with van der Waals surface area (Å²) >= 11 is 0. The molecule has 0 heterocycles. The molecule has 0 spiro atoms. The van der Waals surface area contributed by atoms with Crippen LogP contribution >= 0.6 is 0 Å². The number of Topliss-reactive ketones (excluding diaryl/α,β-unsaturated/α-hetero) is 1. The molecule has 4 saturated carbocycles. The van der Waals surface area contributed by atoms with Gasteiger partial charge in [-0.2, -0.15) is 0 Å². The first-order valence-electron chi connectivity index (χ1n) is 16.3. The quantitative estimate of drug-likeness (QED) is 0.274. The maximum absolute atomic E-state index is 12.9. The van der Waals surface area contributed by atoms with Crippen LogP contribution in [0.5, 0.6) is 0 Å². The molecule has 218 valence electrons. The van der Waals surface area contributed by atoms with E-state index in [0.717, 1.165) is 62.2 Å². The molecule has 1 N–H and O–H groups in total. The molecule has 4 nitrogen and oxygen atoms in total. The highest BCUT2D eigenvalue weighted by Crippen LogP contribution is 2.68. The van der Waals surface area contributed by atoms with Gasteiger partial charge in [0.2, 0.25) is 0 Å². The summed E-state index contributed by atoms with van der Waals surface area (Å²) in [4.78, 5) is 24.6. The summed E-state index contributed by atoms with van der Waals surface area (Å²) in [6.45, 7) is 13.6. The van der Waals surface area contributed by atoms with Crippen molar-refractivity contribution in [1.29, 1.82) is 0 Å². The van der Waals surface area contributed by atoms with Crippen molar-refractivity contribution in [2.75, 3.05) is 0 Å². The second-order valence-electron chi connectivity index (χ2n) is 14.9. The van der Waals surface area contributed by atoms with Gasteiger partial charge in [0.05, 0.1) is 6.10 Å². The van der Waals surface area contributed by atoms with Crippen molar-refractivity contribution in [2.24, 2.45) is 52.3 Å². The van der Waals surface area contributed by atoms with Crippen LogP contribution in [-0.4, -0.2) is 29.1 Å². The number of hydrogen-bond acceptors (Lipinski definition) is 4. The minimum absolute atomic E-state index is 0.0699. The lowest BCUT2D eigenvalue weighted by Crippen LogP contribution is -2.54. The number of fused-ring (bicyclic) bond motifs is 5. The first-order valence-corrected chi connectivity index (χ1v) is 16.3. The van der Waals surface area contributed by atoms with E-state index >= 15 is 0 Å². The average molecular weight is 531 g/mol. The number of carbonyl (C=O) groups excluding carboxylic acids is 2. The van der Waals surface area contributed by atoms with Crippen LogP contribution in [0.4, 0.5) is 0 Å². The highest BCUT2D eigenvalue weighted by molar-refractivity contribution is 5.76. The predicted octanol–water partition coefficient (Wildman–Crippen LogP) is 8.14. The van der Waals surface area contributed by atoms with Crippen LogP contribution < -0.4 is 0 Å². The molecule has 0 aromatic rings. The molecule has 38 heavy (non-hydrogen) atoms. The number of ketones is 1. The number of ether oxygens (including phenoxy) is 1. The van der Waals surface area contributed by atoms with Crippen LogP contribution in [0.15, 0.2) is 0 Å². The van der Waals surface area contributed by atoms with Gasteiger partial charge in [0.1, 0.15) is 11.9 Å². The van der Waals surface area contributed by atoms with Gasteiger partial charge in [0.15, 0.2) is 0 Å². The van der Waals surface area contributed by atoms with Gasteiger partial charge in [-0.15, -0.1) is 0 Å². The fourth-order valence-corrected chi connectivity index (χ4v) is 10.2. The van der Waals surface area contributed by atoms with Gasteiger partial charge >= 0.3 is 5.97 Å². The largest absolute Gasteiger partial charge is 0.462 e. The standard InChI is InChI=1S/C34H58O4/c1-7-22(2)8-11-27(20-24(4)35)38-32(37)15-9-23(3)29-13-14-30-28-12-10-25-21-26(36)16-18-33(25,5)31(28)17-19-34(29,30)6/h22-23,25-31,36H,7-21H2,1-6H3. The molecule has 11 unspecified atom stereocenters. The minimum atomic E-state index is -0.259. The Labute approximate surface area is 233 Å². The molecular weight excluding hydrogens is 472 g/mol. The molecule has 0 aromatic heterocycles. The lowest BCUT2D eigenvalue weighted by Gasteiger charge is -2.61. The second kappa shape index (κ2) is 12.3. The van der Waals surface area contributed by atoms with Crippen molar-refractivity contribution >= 4 is 11.8 Å². The molecule has 4 heteroatoms. The normalized spacial score (nSPS) is 40.8. The SMILES string of the molecule is CCC(C)CCC(CC(C)=O)OC(=O)CCC(C)C1CCC2C3CCC4CC(O)CCC4(C)C3CCC12C. The number of aliphatic hydroxyl groups is 1. The summed E-state index contributed by atoms with van der Waals surface area (Å²) in [5.74, 6) is 5.04. The predicted molar refractivity (Wildman–Crippen MR) is 153 cm³/mol. The number of hydrogen-bond donors (Lipinski definition) is 1. The summed E-state index contributed by atoms with van der Waals surface area (Å²) < 4.78 is 5.86. The van der Waals surface area contributed by atoms with Crippen molar-refractivity contribution < 1.29 is 19.4 Å². The van der Waals surface area contributed by atoms with E-state index in [1.165, 1.54) is 44.9 Å². The van der Waals surface area contributed by atoms with Crippen LogP contribution in [-0.2, 0) is 14.3 Å². The number of aliphatic hydroxyl groups excluding tert-OH is 1. The fraction of sp³-hybridized carbons (Fsp3) is 0.941. The summed E-state index contributed by atoms with van der Waals surface area (Å²) in [5, 5.41) is 10.3. The van der Waals surface area contributed by atoms with Gasteiger partial charge in [0.25, 0.3) is 0 Å². The summed E-state index contributed by atoms with van der Waals surface area (Å²) in [6, 6.07) is 0. The fourth-order valence-electron chi connectivity index (χ4n) is 10.2. The van der Waals surface area contributed by atoms with Gasteiger partial charge in [-0.05, 0) is 136 Å². The molecule has 0 bridgehead atoms. The van der Waals surface area contributed by atoms with Crippen LogP contribution in [0, 0.1) is 52.3 Å². The zero-order valence-electron chi connectivity index (χ0n) is 25.5. The molecule has 11 atom stereocenters. The van der Waals surface area contributed by atoms with E-state index in [9.17, 15) is 14.7 Å². The Morgan fingerprint density at radius 3 is 2.34 bits per heavy atom. The lowest BCUT2D eigenvalue weighted by atomic mass is 9.44. The van der Waals surface area contributed by atoms with E-state index in [4.69, 9.17) is 4.74 Å². The van der Waals surface area contributed by atoms with Gasteiger partial charge in [-0.3, -0.25) is 9.59 Å². The maximum atomic E-state index is 12.9. The van der Waals surface area contributed by atoms with Gasteiger partial charge in [-0.25, -0.2) is 0 Å². The Morgan fingerprint density at radius 1 is 0.921 bits per heavy atom. The van der Waals surface area contributed by atoms with Crippen LogP contribution in [0.2, 0.25) is 0 Å². The average Bonchev–Trinajstić information content (AvgIpc) is 3.23. The molecule has 0 amide bonds. The van der Waals surface area contributed by atoms with E-state index in [2.05, 4.69) is 34.6 Å². The second-order valence-corrected chi connectivity index (χ2v) is 14.9. The zero-order chi connectivity index (χ0) is 27.7. The molecule has 4 aliphatic carbocycles. The minimum Gasteiger partial charge on any atom is -0.462 e. The van der Waals surface area contributed by atoms with E-state index in [1.807, 2.05) is 0 Å². The Balaban J connectivity index is 1.32. The Morgan fingerprint density at radius 2 is 1.63 bits per heavy atom. The third-order valence-electron chi connectivity index (χ3n) is 12.7. The number of esters is 1. The number of carbonyl (C=O) groups is 2. The van der Waals surface area contributed by atoms with Gasteiger partial charge in [-0.1, -0.05) is 41.0 Å². The maximum Gasteiger partial charge on any atom is 0.306 e. The Hall–Kier alpha value is -0.900. The van der Waals surface area contributed by atoms with Gasteiger partial charge < -0.3 is 9.84 Å².